The molecule has 1 aromatic heterocycles. The van der Waals surface area contributed by atoms with Crippen molar-refractivity contribution >= 4 is 34.2 Å². The van der Waals surface area contributed by atoms with Gasteiger partial charge in [-0.05, 0) is 13.0 Å². The molecular formula is C13H11ClN2O6. The van der Waals surface area contributed by atoms with Gasteiger partial charge in [0.2, 0.25) is 5.43 Å². The largest absolute Gasteiger partial charge is 0.462 e. The number of pyridine rings is 1. The maximum Gasteiger partial charge on any atom is 0.343 e. The molecule has 0 aliphatic carbocycles. The average Bonchev–Trinajstić information content (AvgIpc) is 2.47. The molecule has 0 radical (unpaired) electrons. The molecule has 116 valence electrons. The lowest BCUT2D eigenvalue weighted by atomic mass is 10.1. The molecule has 2 aromatic rings. The fourth-order valence-corrected chi connectivity index (χ4v) is 2.18. The summed E-state index contributed by atoms with van der Waals surface area (Å²) in [5, 5.41) is 10.7. The number of hydrogen-bond donors (Lipinski definition) is 0. The van der Waals surface area contributed by atoms with Gasteiger partial charge in [0.1, 0.15) is 17.7 Å². The minimum atomic E-state index is -0.835. The normalized spacial score (nSPS) is 10.5. The van der Waals surface area contributed by atoms with Gasteiger partial charge in [-0.15, -0.1) is 0 Å². The predicted molar refractivity (Wildman–Crippen MR) is 78.3 cm³/mol. The van der Waals surface area contributed by atoms with Gasteiger partial charge in [0, 0.05) is 6.07 Å². The number of benzene rings is 1. The summed E-state index contributed by atoms with van der Waals surface area (Å²) in [5.41, 5.74) is -1.21. The average molecular weight is 327 g/mol. The Balaban J connectivity index is 2.85. The Kier molecular flexibility index (Phi) is 4.32. The molecule has 0 aliphatic heterocycles. The van der Waals surface area contributed by atoms with Crippen molar-refractivity contribution in [2.45, 2.75) is 6.92 Å². The van der Waals surface area contributed by atoms with E-state index in [1.807, 2.05) is 0 Å². The monoisotopic (exact) mass is 326 g/mol. The van der Waals surface area contributed by atoms with E-state index in [1.165, 1.54) is 13.2 Å². The Morgan fingerprint density at radius 2 is 2.14 bits per heavy atom. The lowest BCUT2D eigenvalue weighted by Gasteiger charge is -2.11. The number of nitrogens with zero attached hydrogens (tertiary/aromatic N) is 2. The molecule has 0 unspecified atom stereocenters. The number of carbonyl (C=O) groups is 1. The van der Waals surface area contributed by atoms with Crippen LogP contribution in [0.3, 0.4) is 0 Å². The minimum absolute atomic E-state index is 0.0662. The van der Waals surface area contributed by atoms with E-state index in [1.54, 1.807) is 6.92 Å². The fraction of sp³-hybridized carbons (Fsp3) is 0.231. The quantitative estimate of drug-likeness (QED) is 0.482. The van der Waals surface area contributed by atoms with Crippen molar-refractivity contribution in [2.24, 2.45) is 0 Å². The molecule has 9 heteroatoms. The zero-order valence-corrected chi connectivity index (χ0v) is 12.4. The molecule has 0 N–H and O–H groups in total. The van der Waals surface area contributed by atoms with Crippen LogP contribution in [0.1, 0.15) is 17.3 Å². The van der Waals surface area contributed by atoms with E-state index in [4.69, 9.17) is 21.2 Å². The van der Waals surface area contributed by atoms with Crippen LogP contribution in [0.25, 0.3) is 10.9 Å². The smallest absolute Gasteiger partial charge is 0.343 e. The number of fused-ring (bicyclic) bond motifs is 1. The summed E-state index contributed by atoms with van der Waals surface area (Å²) in [5.74, 6) is -0.835. The molecule has 1 aromatic carbocycles. The van der Waals surface area contributed by atoms with E-state index in [0.29, 0.717) is 0 Å². The highest BCUT2D eigenvalue weighted by Gasteiger charge is 2.21. The van der Waals surface area contributed by atoms with E-state index >= 15 is 0 Å². The Bertz CT molecular complexity index is 829. The van der Waals surface area contributed by atoms with Gasteiger partial charge in [-0.2, -0.15) is 4.73 Å². The number of rotatable bonds is 4. The van der Waals surface area contributed by atoms with Gasteiger partial charge in [-0.1, -0.05) is 11.6 Å². The summed E-state index contributed by atoms with van der Waals surface area (Å²) in [4.78, 5) is 39.5. The second-order valence-corrected chi connectivity index (χ2v) is 4.59. The Morgan fingerprint density at radius 3 is 2.68 bits per heavy atom. The molecule has 2 rings (SSSR count). The van der Waals surface area contributed by atoms with Crippen molar-refractivity contribution in [2.75, 3.05) is 13.7 Å². The number of nitro groups is 1. The van der Waals surface area contributed by atoms with Gasteiger partial charge in [0.15, 0.2) is 0 Å². The van der Waals surface area contributed by atoms with Crippen molar-refractivity contribution in [1.82, 2.24) is 4.73 Å². The third-order valence-corrected chi connectivity index (χ3v) is 3.23. The molecule has 8 nitrogen and oxygen atoms in total. The van der Waals surface area contributed by atoms with Crippen LogP contribution in [-0.4, -0.2) is 29.3 Å². The minimum Gasteiger partial charge on any atom is -0.462 e. The molecule has 0 saturated carbocycles. The fourth-order valence-electron chi connectivity index (χ4n) is 1.95. The molecule has 1 heterocycles. The summed E-state index contributed by atoms with van der Waals surface area (Å²) in [6, 6.07) is 2.24. The molecule has 0 saturated heterocycles. The van der Waals surface area contributed by atoms with Gasteiger partial charge in [0.25, 0.3) is 5.69 Å². The number of esters is 1. The highest BCUT2D eigenvalue weighted by atomic mass is 35.5. The zero-order chi connectivity index (χ0) is 16.4. The van der Waals surface area contributed by atoms with Crippen molar-refractivity contribution in [3.63, 3.8) is 0 Å². The first-order valence-electron chi connectivity index (χ1n) is 6.15. The molecule has 0 fully saturated rings. The number of carbonyl (C=O) groups excluding carboxylic acids is 1. The Labute approximate surface area is 128 Å². The lowest BCUT2D eigenvalue weighted by Crippen LogP contribution is -2.22. The highest BCUT2D eigenvalue weighted by molar-refractivity contribution is 6.33. The number of halogens is 1. The van der Waals surface area contributed by atoms with Gasteiger partial charge in [-0.3, -0.25) is 14.9 Å². The standard InChI is InChI=1S/C13H11ClN2O6/c1-3-22-13(18)8-6-15(21-2)10-5-9(14)11(16(19)20)4-7(10)12(8)17/h4-6H,3H2,1-2H3. The van der Waals surface area contributed by atoms with E-state index in [2.05, 4.69) is 0 Å². The number of nitro benzene ring substituents is 1. The van der Waals surface area contributed by atoms with Gasteiger partial charge in [-0.25, -0.2) is 4.79 Å². The van der Waals surface area contributed by atoms with Crippen LogP contribution in [0.15, 0.2) is 23.1 Å². The zero-order valence-electron chi connectivity index (χ0n) is 11.7. The molecular weight excluding hydrogens is 316 g/mol. The number of aromatic nitrogens is 1. The predicted octanol–water partition coefficient (Wildman–Crippen LogP) is 1.80. The summed E-state index contributed by atoms with van der Waals surface area (Å²) in [6.45, 7) is 1.68. The van der Waals surface area contributed by atoms with Crippen LogP contribution >= 0.6 is 11.6 Å². The summed E-state index contributed by atoms with van der Waals surface area (Å²) in [7, 11) is 1.31. The van der Waals surface area contributed by atoms with Gasteiger partial charge >= 0.3 is 5.97 Å². The first-order valence-corrected chi connectivity index (χ1v) is 6.53. The Hall–Kier alpha value is -2.61. The first kappa shape index (κ1) is 15.8. The maximum atomic E-state index is 12.4. The third-order valence-electron chi connectivity index (χ3n) is 2.93. The van der Waals surface area contributed by atoms with Crippen molar-refractivity contribution in [3.05, 3.63) is 49.3 Å². The van der Waals surface area contributed by atoms with Crippen LogP contribution in [0.5, 0.6) is 0 Å². The number of hydrogen-bond acceptors (Lipinski definition) is 6. The van der Waals surface area contributed by atoms with Gasteiger partial charge in [0.05, 0.1) is 28.6 Å². The third kappa shape index (κ3) is 2.60. The summed E-state index contributed by atoms with van der Waals surface area (Å²) in [6.07, 6.45) is 1.16. The maximum absolute atomic E-state index is 12.4. The summed E-state index contributed by atoms with van der Waals surface area (Å²) >= 11 is 5.83. The molecule has 0 bridgehead atoms. The SMILES string of the molecule is CCOC(=O)c1cn(OC)c2cc(Cl)c([N+](=O)[O-])cc2c1=O. The molecule has 0 spiro atoms. The highest BCUT2D eigenvalue weighted by Crippen LogP contribution is 2.28. The van der Waals surface area contributed by atoms with Crippen molar-refractivity contribution in [3.8, 4) is 0 Å². The van der Waals surface area contributed by atoms with Crippen LogP contribution in [0.2, 0.25) is 5.02 Å². The van der Waals surface area contributed by atoms with E-state index in [0.717, 1.165) is 17.0 Å². The lowest BCUT2D eigenvalue weighted by molar-refractivity contribution is -0.384. The second-order valence-electron chi connectivity index (χ2n) is 4.18. The number of ether oxygens (including phenoxy) is 1. The van der Waals surface area contributed by atoms with E-state index in [9.17, 15) is 19.7 Å². The van der Waals surface area contributed by atoms with Crippen LogP contribution < -0.4 is 10.3 Å². The Morgan fingerprint density at radius 1 is 1.45 bits per heavy atom. The van der Waals surface area contributed by atoms with Crippen LogP contribution in [0.4, 0.5) is 5.69 Å². The molecule has 0 amide bonds. The van der Waals surface area contributed by atoms with Crippen molar-refractivity contribution in [1.29, 1.82) is 0 Å². The summed E-state index contributed by atoms with van der Waals surface area (Å²) < 4.78 is 5.91. The van der Waals surface area contributed by atoms with Crippen molar-refractivity contribution < 1.29 is 19.3 Å². The van der Waals surface area contributed by atoms with Crippen LogP contribution in [-0.2, 0) is 4.74 Å². The molecule has 22 heavy (non-hydrogen) atoms. The molecule has 0 atom stereocenters. The van der Waals surface area contributed by atoms with Gasteiger partial charge < -0.3 is 9.57 Å². The second kappa shape index (κ2) is 6.02. The molecule has 0 aliphatic rings. The van der Waals surface area contributed by atoms with E-state index in [-0.39, 0.29) is 28.1 Å². The van der Waals surface area contributed by atoms with Crippen LogP contribution in [0, 0.1) is 10.1 Å². The van der Waals surface area contributed by atoms with E-state index < -0.39 is 22.0 Å². The topological polar surface area (TPSA) is 101 Å². The first-order chi connectivity index (χ1) is 10.4.